The summed E-state index contributed by atoms with van der Waals surface area (Å²) in [5, 5.41) is 9.35. The number of hydrogen-bond acceptors (Lipinski definition) is 3. The van der Waals surface area contributed by atoms with E-state index in [0.29, 0.717) is 17.5 Å². The number of rotatable bonds is 2. The number of carboxylic acid groups (broad SMARTS) is 1. The van der Waals surface area contributed by atoms with Gasteiger partial charge in [0.15, 0.2) is 0 Å². The SMILES string of the molecule is O=C(O)c1cnc(=O)[nH]c1C1C2CC3CC(C2)CC1C3. The third-order valence-electron chi connectivity index (χ3n) is 5.63. The van der Waals surface area contributed by atoms with Crippen molar-refractivity contribution in [2.24, 2.45) is 23.7 Å². The Labute approximate surface area is 116 Å². The van der Waals surface area contributed by atoms with E-state index in [1.807, 2.05) is 0 Å². The van der Waals surface area contributed by atoms with Crippen LogP contribution in [0.2, 0.25) is 0 Å². The molecule has 4 bridgehead atoms. The molecule has 0 amide bonds. The third-order valence-corrected chi connectivity index (χ3v) is 5.63. The number of nitrogens with zero attached hydrogens (tertiary/aromatic N) is 1. The molecule has 1 heterocycles. The first-order valence-electron chi connectivity index (χ1n) is 7.44. The maximum atomic E-state index is 11.5. The molecule has 5 rings (SSSR count). The van der Waals surface area contributed by atoms with Crippen molar-refractivity contribution < 1.29 is 9.90 Å². The van der Waals surface area contributed by atoms with Crippen molar-refractivity contribution in [3.8, 4) is 0 Å². The largest absolute Gasteiger partial charge is 0.478 e. The first-order valence-corrected chi connectivity index (χ1v) is 7.44. The van der Waals surface area contributed by atoms with Crippen LogP contribution in [0.1, 0.15) is 54.1 Å². The fourth-order valence-electron chi connectivity index (χ4n) is 5.24. The summed E-state index contributed by atoms with van der Waals surface area (Å²) in [6.45, 7) is 0. The van der Waals surface area contributed by atoms with Gasteiger partial charge < -0.3 is 10.1 Å². The molecule has 0 atom stereocenters. The number of hydrogen-bond donors (Lipinski definition) is 2. The van der Waals surface area contributed by atoms with E-state index in [2.05, 4.69) is 9.97 Å². The van der Waals surface area contributed by atoms with E-state index in [9.17, 15) is 14.7 Å². The Kier molecular flexibility index (Phi) is 2.53. The molecule has 0 spiro atoms. The summed E-state index contributed by atoms with van der Waals surface area (Å²) in [4.78, 5) is 29.3. The topological polar surface area (TPSA) is 83.0 Å². The van der Waals surface area contributed by atoms with E-state index in [0.717, 1.165) is 11.8 Å². The lowest BCUT2D eigenvalue weighted by molar-refractivity contribution is -0.00467. The zero-order valence-corrected chi connectivity index (χ0v) is 11.2. The predicted molar refractivity (Wildman–Crippen MR) is 71.6 cm³/mol. The molecule has 0 aromatic carbocycles. The molecular weight excluding hydrogens is 256 g/mol. The Morgan fingerprint density at radius 2 is 1.75 bits per heavy atom. The van der Waals surface area contributed by atoms with E-state index in [-0.39, 0.29) is 11.5 Å². The standard InChI is InChI=1S/C15H18N2O3/c18-14(19)11-6-16-15(20)17-13(11)12-9-2-7-1-8(4-9)5-10(12)3-7/h6-10,12H,1-5H2,(H,18,19)(H,16,17,20). The van der Waals surface area contributed by atoms with Gasteiger partial charge in [-0.05, 0) is 55.8 Å². The smallest absolute Gasteiger partial charge is 0.345 e. The van der Waals surface area contributed by atoms with Crippen LogP contribution in [0.25, 0.3) is 0 Å². The Hall–Kier alpha value is -1.65. The average Bonchev–Trinajstić information content (AvgIpc) is 2.37. The van der Waals surface area contributed by atoms with Gasteiger partial charge in [0.25, 0.3) is 0 Å². The molecule has 1 aromatic rings. The quantitative estimate of drug-likeness (QED) is 0.864. The van der Waals surface area contributed by atoms with Gasteiger partial charge in [-0.1, -0.05) is 0 Å². The zero-order chi connectivity index (χ0) is 13.9. The van der Waals surface area contributed by atoms with Gasteiger partial charge in [-0.25, -0.2) is 14.6 Å². The minimum absolute atomic E-state index is 0.182. The van der Waals surface area contributed by atoms with Crippen LogP contribution in [-0.4, -0.2) is 21.0 Å². The first kappa shape index (κ1) is 12.1. The van der Waals surface area contributed by atoms with Crippen LogP contribution < -0.4 is 5.69 Å². The van der Waals surface area contributed by atoms with Gasteiger partial charge in [0, 0.05) is 17.8 Å². The van der Waals surface area contributed by atoms with Gasteiger partial charge in [-0.2, -0.15) is 0 Å². The molecule has 4 fully saturated rings. The van der Waals surface area contributed by atoms with Crippen LogP contribution >= 0.6 is 0 Å². The summed E-state index contributed by atoms with van der Waals surface area (Å²) in [7, 11) is 0. The lowest BCUT2D eigenvalue weighted by atomic mass is 9.51. The number of nitrogens with one attached hydrogen (secondary N) is 1. The molecule has 4 aliphatic carbocycles. The van der Waals surface area contributed by atoms with E-state index >= 15 is 0 Å². The summed E-state index contributed by atoms with van der Waals surface area (Å²) in [6, 6.07) is 0. The molecule has 0 radical (unpaired) electrons. The molecule has 5 nitrogen and oxygen atoms in total. The van der Waals surface area contributed by atoms with Crippen LogP contribution in [0.5, 0.6) is 0 Å². The molecule has 1 aromatic heterocycles. The van der Waals surface area contributed by atoms with E-state index in [1.54, 1.807) is 0 Å². The second-order valence-corrected chi connectivity index (χ2v) is 6.78. The van der Waals surface area contributed by atoms with Crippen LogP contribution in [0, 0.1) is 23.7 Å². The van der Waals surface area contributed by atoms with Crippen molar-refractivity contribution >= 4 is 5.97 Å². The van der Waals surface area contributed by atoms with E-state index in [1.165, 1.54) is 38.3 Å². The van der Waals surface area contributed by atoms with Gasteiger partial charge in [0.05, 0.1) is 5.56 Å². The Morgan fingerprint density at radius 1 is 1.15 bits per heavy atom. The number of aromatic carboxylic acids is 1. The Bertz CT molecular complexity index is 594. The third kappa shape index (κ3) is 1.72. The Morgan fingerprint density at radius 3 is 2.30 bits per heavy atom. The highest BCUT2D eigenvalue weighted by atomic mass is 16.4. The van der Waals surface area contributed by atoms with Crippen molar-refractivity contribution in [1.29, 1.82) is 0 Å². The lowest BCUT2D eigenvalue weighted by Crippen LogP contribution is -2.45. The van der Waals surface area contributed by atoms with Gasteiger partial charge in [-0.3, -0.25) is 0 Å². The molecular formula is C15H18N2O3. The number of aromatic amines is 1. The van der Waals surface area contributed by atoms with Crippen molar-refractivity contribution in [2.75, 3.05) is 0 Å². The molecule has 2 N–H and O–H groups in total. The Balaban J connectivity index is 1.79. The molecule has 0 aliphatic heterocycles. The molecule has 20 heavy (non-hydrogen) atoms. The number of H-pyrrole nitrogens is 1. The monoisotopic (exact) mass is 274 g/mol. The molecule has 4 aliphatic rings. The average molecular weight is 274 g/mol. The zero-order valence-electron chi connectivity index (χ0n) is 11.2. The van der Waals surface area contributed by atoms with E-state index in [4.69, 9.17) is 0 Å². The second-order valence-electron chi connectivity index (χ2n) is 6.78. The summed E-state index contributed by atoms with van der Waals surface area (Å²) < 4.78 is 0. The molecule has 106 valence electrons. The van der Waals surface area contributed by atoms with Crippen molar-refractivity contribution in [3.05, 3.63) is 27.9 Å². The minimum atomic E-state index is -0.988. The van der Waals surface area contributed by atoms with Crippen LogP contribution in [0.15, 0.2) is 11.0 Å². The summed E-state index contributed by atoms with van der Waals surface area (Å²) in [6.07, 6.45) is 7.37. The first-order chi connectivity index (χ1) is 9.61. The van der Waals surface area contributed by atoms with Crippen molar-refractivity contribution in [1.82, 2.24) is 9.97 Å². The van der Waals surface area contributed by atoms with Gasteiger partial charge in [0.1, 0.15) is 0 Å². The highest BCUT2D eigenvalue weighted by molar-refractivity contribution is 5.88. The van der Waals surface area contributed by atoms with E-state index < -0.39 is 11.7 Å². The fraction of sp³-hybridized carbons (Fsp3) is 0.667. The minimum Gasteiger partial charge on any atom is -0.478 e. The molecule has 0 unspecified atom stereocenters. The fourth-order valence-corrected chi connectivity index (χ4v) is 5.24. The highest BCUT2D eigenvalue weighted by Crippen LogP contribution is 2.59. The lowest BCUT2D eigenvalue weighted by Gasteiger charge is -2.54. The molecule has 0 saturated heterocycles. The highest BCUT2D eigenvalue weighted by Gasteiger charge is 2.49. The molecule has 5 heteroatoms. The summed E-state index contributed by atoms with van der Waals surface area (Å²) in [5.74, 6) is 1.97. The van der Waals surface area contributed by atoms with Gasteiger partial charge >= 0.3 is 11.7 Å². The van der Waals surface area contributed by atoms with Crippen LogP contribution in [0.3, 0.4) is 0 Å². The predicted octanol–water partition coefficient (Wildman–Crippen LogP) is 2.01. The number of aromatic nitrogens is 2. The van der Waals surface area contributed by atoms with Crippen LogP contribution in [0.4, 0.5) is 0 Å². The number of carboxylic acids is 1. The number of carbonyl (C=O) groups is 1. The normalized spacial score (nSPS) is 38.1. The van der Waals surface area contributed by atoms with Crippen LogP contribution in [-0.2, 0) is 0 Å². The maximum Gasteiger partial charge on any atom is 0.345 e. The van der Waals surface area contributed by atoms with Crippen molar-refractivity contribution in [3.63, 3.8) is 0 Å². The maximum absolute atomic E-state index is 11.5. The molecule has 4 saturated carbocycles. The van der Waals surface area contributed by atoms with Gasteiger partial charge in [-0.15, -0.1) is 0 Å². The summed E-state index contributed by atoms with van der Waals surface area (Å²) >= 11 is 0. The van der Waals surface area contributed by atoms with Crippen molar-refractivity contribution in [2.45, 2.75) is 38.0 Å². The second kappa shape index (κ2) is 4.17. The summed E-state index contributed by atoms with van der Waals surface area (Å²) in [5.41, 5.74) is 0.382. The van der Waals surface area contributed by atoms with Gasteiger partial charge in [0.2, 0.25) is 0 Å².